The monoisotopic (exact) mass is 284 g/mol. The zero-order valence-electron chi connectivity index (χ0n) is 12.4. The molecule has 0 aromatic carbocycles. The highest BCUT2D eigenvalue weighted by molar-refractivity contribution is 5.76. The number of carbonyl (C=O) groups is 1. The van der Waals surface area contributed by atoms with E-state index in [1.54, 1.807) is 35.9 Å². The Bertz CT molecular complexity index is 559. The zero-order valence-corrected chi connectivity index (χ0v) is 12.4. The standard InChI is InChI=1S/C16H20N4O/c1-13(10-15-12-18-8-9-19-15)20(2)16(21)6-5-14-4-3-7-17-11-14/h3-4,7-9,11-13H,5-6,10H2,1-2H3. The van der Waals surface area contributed by atoms with Crippen LogP contribution in [0.1, 0.15) is 24.6 Å². The number of rotatable bonds is 6. The van der Waals surface area contributed by atoms with Gasteiger partial charge in [-0.3, -0.25) is 19.7 Å². The van der Waals surface area contributed by atoms with Crippen molar-refractivity contribution in [2.45, 2.75) is 32.2 Å². The highest BCUT2D eigenvalue weighted by atomic mass is 16.2. The van der Waals surface area contributed by atoms with Gasteiger partial charge in [0.05, 0.1) is 5.69 Å². The van der Waals surface area contributed by atoms with Gasteiger partial charge in [0, 0.05) is 56.9 Å². The van der Waals surface area contributed by atoms with E-state index in [0.717, 1.165) is 17.7 Å². The first kappa shape index (κ1) is 15.1. The molecule has 0 saturated carbocycles. The molecule has 5 nitrogen and oxygen atoms in total. The number of aromatic nitrogens is 3. The molecule has 21 heavy (non-hydrogen) atoms. The van der Waals surface area contributed by atoms with Crippen molar-refractivity contribution in [1.82, 2.24) is 19.9 Å². The van der Waals surface area contributed by atoms with Crippen LogP contribution in [0.5, 0.6) is 0 Å². The highest BCUT2D eigenvalue weighted by Gasteiger charge is 2.16. The van der Waals surface area contributed by atoms with Gasteiger partial charge in [-0.25, -0.2) is 0 Å². The van der Waals surface area contributed by atoms with E-state index in [1.165, 1.54) is 0 Å². The third-order valence-electron chi connectivity index (χ3n) is 3.53. The second-order valence-corrected chi connectivity index (χ2v) is 5.12. The van der Waals surface area contributed by atoms with Crippen molar-refractivity contribution in [3.05, 3.63) is 54.4 Å². The first-order chi connectivity index (χ1) is 10.2. The molecule has 0 fully saturated rings. The number of carbonyl (C=O) groups excluding carboxylic acids is 1. The molecule has 0 bridgehead atoms. The minimum Gasteiger partial charge on any atom is -0.343 e. The molecule has 0 radical (unpaired) electrons. The molecule has 1 unspecified atom stereocenters. The number of pyridine rings is 1. The quantitative estimate of drug-likeness (QED) is 0.813. The van der Waals surface area contributed by atoms with Crippen LogP contribution >= 0.6 is 0 Å². The summed E-state index contributed by atoms with van der Waals surface area (Å²) in [5.41, 5.74) is 1.98. The van der Waals surface area contributed by atoms with Gasteiger partial charge in [-0.15, -0.1) is 0 Å². The third kappa shape index (κ3) is 4.63. The molecule has 2 rings (SSSR count). The second-order valence-electron chi connectivity index (χ2n) is 5.12. The lowest BCUT2D eigenvalue weighted by Gasteiger charge is -2.24. The molecule has 2 aromatic heterocycles. The molecule has 5 heteroatoms. The molecule has 1 atom stereocenters. The maximum absolute atomic E-state index is 12.2. The normalized spacial score (nSPS) is 11.9. The molecule has 2 aromatic rings. The number of nitrogens with zero attached hydrogens (tertiary/aromatic N) is 4. The average molecular weight is 284 g/mol. The lowest BCUT2D eigenvalue weighted by atomic mass is 10.1. The number of hydrogen-bond donors (Lipinski definition) is 0. The van der Waals surface area contributed by atoms with Crippen molar-refractivity contribution in [1.29, 1.82) is 0 Å². The van der Waals surface area contributed by atoms with E-state index in [-0.39, 0.29) is 11.9 Å². The van der Waals surface area contributed by atoms with Crippen LogP contribution in [-0.2, 0) is 17.6 Å². The Morgan fingerprint density at radius 2 is 2.05 bits per heavy atom. The molecule has 1 amide bonds. The van der Waals surface area contributed by atoms with Gasteiger partial charge in [-0.2, -0.15) is 0 Å². The predicted molar refractivity (Wildman–Crippen MR) is 80.5 cm³/mol. The Labute approximate surface area is 125 Å². The van der Waals surface area contributed by atoms with E-state index in [0.29, 0.717) is 12.8 Å². The minimum atomic E-state index is 0.100. The Kier molecular flexibility index (Phi) is 5.37. The van der Waals surface area contributed by atoms with Gasteiger partial charge in [-0.1, -0.05) is 6.07 Å². The van der Waals surface area contributed by atoms with Gasteiger partial charge in [-0.05, 0) is 25.0 Å². The van der Waals surface area contributed by atoms with Gasteiger partial charge in [0.15, 0.2) is 0 Å². The predicted octanol–water partition coefficient (Wildman–Crippen LogP) is 1.89. The van der Waals surface area contributed by atoms with E-state index in [2.05, 4.69) is 15.0 Å². The Hall–Kier alpha value is -2.30. The highest BCUT2D eigenvalue weighted by Crippen LogP contribution is 2.08. The molecule has 110 valence electrons. The fourth-order valence-electron chi connectivity index (χ4n) is 2.09. The average Bonchev–Trinajstić information content (AvgIpc) is 2.53. The molecule has 0 spiro atoms. The summed E-state index contributed by atoms with van der Waals surface area (Å²) in [7, 11) is 1.84. The number of aryl methyl sites for hydroxylation is 1. The molecule has 2 heterocycles. The van der Waals surface area contributed by atoms with E-state index in [1.807, 2.05) is 26.1 Å². The summed E-state index contributed by atoms with van der Waals surface area (Å²) >= 11 is 0. The molecular formula is C16H20N4O. The van der Waals surface area contributed by atoms with Crippen molar-refractivity contribution in [3.63, 3.8) is 0 Å². The number of likely N-dealkylation sites (N-methyl/N-ethyl adjacent to an activating group) is 1. The van der Waals surface area contributed by atoms with Crippen molar-refractivity contribution in [2.75, 3.05) is 7.05 Å². The van der Waals surface area contributed by atoms with Crippen LogP contribution in [0, 0.1) is 0 Å². The van der Waals surface area contributed by atoms with Gasteiger partial charge in [0.25, 0.3) is 0 Å². The minimum absolute atomic E-state index is 0.100. The smallest absolute Gasteiger partial charge is 0.222 e. The van der Waals surface area contributed by atoms with Gasteiger partial charge < -0.3 is 4.90 Å². The maximum atomic E-state index is 12.2. The van der Waals surface area contributed by atoms with Crippen molar-refractivity contribution in [3.8, 4) is 0 Å². The Morgan fingerprint density at radius 3 is 2.71 bits per heavy atom. The van der Waals surface area contributed by atoms with Crippen LogP contribution in [0.4, 0.5) is 0 Å². The SMILES string of the molecule is CC(Cc1cnccn1)N(C)C(=O)CCc1cccnc1. The molecule has 0 aliphatic rings. The second kappa shape index (κ2) is 7.47. The Morgan fingerprint density at radius 1 is 1.24 bits per heavy atom. The first-order valence-corrected chi connectivity index (χ1v) is 7.06. The lowest BCUT2D eigenvalue weighted by molar-refractivity contribution is -0.131. The number of amides is 1. The number of hydrogen-bond acceptors (Lipinski definition) is 4. The maximum Gasteiger partial charge on any atom is 0.222 e. The van der Waals surface area contributed by atoms with E-state index in [9.17, 15) is 4.79 Å². The van der Waals surface area contributed by atoms with Crippen LogP contribution < -0.4 is 0 Å². The molecule has 0 saturated heterocycles. The molecule has 0 aliphatic carbocycles. The van der Waals surface area contributed by atoms with Crippen molar-refractivity contribution < 1.29 is 4.79 Å². The van der Waals surface area contributed by atoms with Crippen LogP contribution in [0.3, 0.4) is 0 Å². The summed E-state index contributed by atoms with van der Waals surface area (Å²) in [5.74, 6) is 0.134. The molecule has 0 N–H and O–H groups in total. The van der Waals surface area contributed by atoms with E-state index < -0.39 is 0 Å². The lowest BCUT2D eigenvalue weighted by Crippen LogP contribution is -2.36. The first-order valence-electron chi connectivity index (χ1n) is 7.06. The molecule has 0 aliphatic heterocycles. The largest absolute Gasteiger partial charge is 0.343 e. The van der Waals surface area contributed by atoms with Crippen LogP contribution in [0.25, 0.3) is 0 Å². The topological polar surface area (TPSA) is 59.0 Å². The van der Waals surface area contributed by atoms with Crippen LogP contribution in [-0.4, -0.2) is 38.8 Å². The zero-order chi connectivity index (χ0) is 15.1. The Balaban J connectivity index is 1.84. The fraction of sp³-hybridized carbons (Fsp3) is 0.375. The van der Waals surface area contributed by atoms with Gasteiger partial charge in [0.1, 0.15) is 0 Å². The van der Waals surface area contributed by atoms with Crippen LogP contribution in [0.15, 0.2) is 43.1 Å². The van der Waals surface area contributed by atoms with Gasteiger partial charge >= 0.3 is 0 Å². The fourth-order valence-corrected chi connectivity index (χ4v) is 2.09. The third-order valence-corrected chi connectivity index (χ3v) is 3.53. The summed E-state index contributed by atoms with van der Waals surface area (Å²) < 4.78 is 0. The summed E-state index contributed by atoms with van der Waals surface area (Å²) in [4.78, 5) is 26.3. The summed E-state index contributed by atoms with van der Waals surface area (Å²) in [6.45, 7) is 2.02. The van der Waals surface area contributed by atoms with Gasteiger partial charge in [0.2, 0.25) is 5.91 Å². The van der Waals surface area contributed by atoms with Crippen LogP contribution in [0.2, 0.25) is 0 Å². The van der Waals surface area contributed by atoms with E-state index >= 15 is 0 Å². The summed E-state index contributed by atoms with van der Waals surface area (Å²) in [6.07, 6.45) is 10.5. The van der Waals surface area contributed by atoms with Crippen molar-refractivity contribution in [2.24, 2.45) is 0 Å². The van der Waals surface area contributed by atoms with E-state index in [4.69, 9.17) is 0 Å². The molecular weight excluding hydrogens is 264 g/mol. The summed E-state index contributed by atoms with van der Waals surface area (Å²) in [5, 5.41) is 0. The van der Waals surface area contributed by atoms with Crippen molar-refractivity contribution >= 4 is 5.91 Å². The summed E-state index contributed by atoms with van der Waals surface area (Å²) in [6, 6.07) is 3.98.